The quantitative estimate of drug-likeness (QED) is 0.850. The molecule has 2 N–H and O–H groups in total. The van der Waals surface area contributed by atoms with Gasteiger partial charge in [0.1, 0.15) is 17.6 Å². The van der Waals surface area contributed by atoms with E-state index in [1.165, 1.54) is 0 Å². The van der Waals surface area contributed by atoms with E-state index in [0.29, 0.717) is 19.5 Å². The summed E-state index contributed by atoms with van der Waals surface area (Å²) >= 11 is 0. The predicted octanol–water partition coefficient (Wildman–Crippen LogP) is 1.35. The van der Waals surface area contributed by atoms with Gasteiger partial charge in [-0.3, -0.25) is 4.79 Å². The molecule has 0 spiro atoms. The third kappa shape index (κ3) is 3.74. The van der Waals surface area contributed by atoms with Gasteiger partial charge in [0.15, 0.2) is 0 Å². The van der Waals surface area contributed by atoms with Gasteiger partial charge in [0.05, 0.1) is 13.2 Å². The topological polar surface area (TPSA) is 69.7 Å². The molecule has 2 aliphatic heterocycles. The van der Waals surface area contributed by atoms with Crippen LogP contribution in [-0.2, 0) is 4.79 Å². The van der Waals surface area contributed by atoms with Gasteiger partial charge >= 0.3 is 0 Å². The minimum Gasteiger partial charge on any atom is -0.496 e. The first kappa shape index (κ1) is 17.8. The Morgan fingerprint density at radius 2 is 1.85 bits per heavy atom. The number of amides is 1. The zero-order valence-corrected chi connectivity index (χ0v) is 15.5. The zero-order chi connectivity index (χ0) is 18.6. The second-order valence-electron chi connectivity index (χ2n) is 6.87. The molecule has 2 atom stereocenters. The fourth-order valence-electron chi connectivity index (χ4n) is 3.79. The second kappa shape index (κ2) is 7.94. The van der Waals surface area contributed by atoms with Crippen molar-refractivity contribution in [3.05, 3.63) is 54.2 Å². The number of nitrogens with zero attached hydrogens (tertiary/aromatic N) is 3. The van der Waals surface area contributed by atoms with Gasteiger partial charge in [0.25, 0.3) is 0 Å². The summed E-state index contributed by atoms with van der Waals surface area (Å²) in [5.41, 5.74) is 7.50. The van der Waals surface area contributed by atoms with Crippen LogP contribution in [0.5, 0.6) is 5.75 Å². The maximum Gasteiger partial charge on any atom is 0.241 e. The minimum absolute atomic E-state index is 0.0601. The highest BCUT2D eigenvalue weighted by Crippen LogP contribution is 2.30. The van der Waals surface area contributed by atoms with E-state index in [4.69, 9.17) is 4.74 Å². The molecule has 0 aliphatic carbocycles. The van der Waals surface area contributed by atoms with Crippen molar-refractivity contribution in [3.63, 3.8) is 0 Å². The number of hydrogen-bond acceptors (Lipinski definition) is 6. The number of ether oxygens (including phenoxy) is 1. The fraction of sp³-hybridized carbons (Fsp3) is 0.400. The van der Waals surface area contributed by atoms with Crippen LogP contribution in [0.15, 0.2) is 48.7 Å². The highest BCUT2D eigenvalue weighted by Gasteiger charge is 2.35. The highest BCUT2D eigenvalue weighted by atomic mass is 16.5. The molecule has 7 heteroatoms. The van der Waals surface area contributed by atoms with E-state index in [1.807, 2.05) is 47.4 Å². The van der Waals surface area contributed by atoms with E-state index in [9.17, 15) is 4.79 Å². The van der Waals surface area contributed by atoms with Crippen molar-refractivity contribution >= 4 is 11.7 Å². The maximum absolute atomic E-state index is 12.9. The van der Waals surface area contributed by atoms with Gasteiger partial charge in [-0.1, -0.05) is 24.3 Å². The van der Waals surface area contributed by atoms with Gasteiger partial charge < -0.3 is 14.5 Å². The molecule has 2 saturated heterocycles. The van der Waals surface area contributed by atoms with Crippen LogP contribution >= 0.6 is 0 Å². The first-order valence-corrected chi connectivity index (χ1v) is 9.35. The molecule has 2 fully saturated rings. The number of pyridine rings is 1. The van der Waals surface area contributed by atoms with Gasteiger partial charge in [-0.05, 0) is 24.6 Å². The number of anilines is 1. The Morgan fingerprint density at radius 3 is 2.59 bits per heavy atom. The number of methoxy groups -OCH3 is 1. The number of carbonyl (C=O) groups excluding carboxylic acids is 1. The molecular formula is C20H25N5O2. The molecule has 0 radical (unpaired) electrons. The van der Waals surface area contributed by atoms with E-state index >= 15 is 0 Å². The molecule has 27 heavy (non-hydrogen) atoms. The monoisotopic (exact) mass is 367 g/mol. The number of carbonyl (C=O) groups is 1. The molecule has 4 rings (SSSR count). The average molecular weight is 367 g/mol. The van der Waals surface area contributed by atoms with Crippen molar-refractivity contribution in [1.82, 2.24) is 20.7 Å². The maximum atomic E-state index is 12.9. The number of benzene rings is 1. The first-order chi connectivity index (χ1) is 13.3. The lowest BCUT2D eigenvalue weighted by atomic mass is 10.0. The van der Waals surface area contributed by atoms with Gasteiger partial charge in [0, 0.05) is 37.9 Å². The Balaban J connectivity index is 1.35. The average Bonchev–Trinajstić information content (AvgIpc) is 3.24. The third-order valence-corrected chi connectivity index (χ3v) is 5.28. The highest BCUT2D eigenvalue weighted by molar-refractivity contribution is 5.82. The molecule has 0 saturated carbocycles. The summed E-state index contributed by atoms with van der Waals surface area (Å²) in [5, 5.41) is 0. The number of rotatable bonds is 4. The van der Waals surface area contributed by atoms with Crippen LogP contribution in [0.2, 0.25) is 0 Å². The molecule has 2 aromatic rings. The summed E-state index contributed by atoms with van der Waals surface area (Å²) in [6.07, 6.45) is 2.51. The lowest BCUT2D eigenvalue weighted by Gasteiger charge is -2.36. The SMILES string of the molecule is COc1ccccc1C1CC(C(=O)N2CCN(c3ccccn3)CC2)NN1. The molecule has 1 amide bonds. The Labute approximate surface area is 159 Å². The summed E-state index contributed by atoms with van der Waals surface area (Å²) in [6, 6.07) is 13.7. The molecule has 3 heterocycles. The molecule has 2 aliphatic rings. The number of para-hydroxylation sites is 1. The van der Waals surface area contributed by atoms with Crippen LogP contribution in [0.1, 0.15) is 18.0 Å². The van der Waals surface area contributed by atoms with Crippen LogP contribution in [0, 0.1) is 0 Å². The van der Waals surface area contributed by atoms with Crippen molar-refractivity contribution in [2.45, 2.75) is 18.5 Å². The third-order valence-electron chi connectivity index (χ3n) is 5.28. The van der Waals surface area contributed by atoms with Crippen molar-refractivity contribution in [2.24, 2.45) is 0 Å². The Bertz CT molecular complexity index is 777. The normalized spacial score (nSPS) is 22.7. The molecule has 1 aromatic carbocycles. The Morgan fingerprint density at radius 1 is 1.07 bits per heavy atom. The van der Waals surface area contributed by atoms with Gasteiger partial charge in [-0.25, -0.2) is 15.8 Å². The molecule has 1 aromatic heterocycles. The smallest absolute Gasteiger partial charge is 0.241 e. The van der Waals surface area contributed by atoms with Crippen LogP contribution in [-0.4, -0.2) is 55.1 Å². The number of hydrazine groups is 1. The van der Waals surface area contributed by atoms with Crippen LogP contribution in [0.25, 0.3) is 0 Å². The van der Waals surface area contributed by atoms with Crippen molar-refractivity contribution < 1.29 is 9.53 Å². The largest absolute Gasteiger partial charge is 0.496 e. The summed E-state index contributed by atoms with van der Waals surface area (Å²) < 4.78 is 5.45. The standard InChI is InChI=1S/C20H25N5O2/c1-27-18-7-3-2-6-15(18)16-14-17(23-22-16)20(26)25-12-10-24(11-13-25)19-8-4-5-9-21-19/h2-9,16-17,22-23H,10-14H2,1H3. The number of hydrogen-bond donors (Lipinski definition) is 2. The Hall–Kier alpha value is -2.64. The Kier molecular flexibility index (Phi) is 5.22. The molecule has 142 valence electrons. The van der Waals surface area contributed by atoms with Crippen molar-refractivity contribution in [3.8, 4) is 5.75 Å². The van der Waals surface area contributed by atoms with E-state index in [2.05, 4.69) is 20.7 Å². The lowest BCUT2D eigenvalue weighted by Crippen LogP contribution is -2.53. The fourth-order valence-corrected chi connectivity index (χ4v) is 3.79. The van der Waals surface area contributed by atoms with Crippen molar-refractivity contribution in [2.75, 3.05) is 38.2 Å². The van der Waals surface area contributed by atoms with E-state index in [-0.39, 0.29) is 18.0 Å². The van der Waals surface area contributed by atoms with Gasteiger partial charge in [0.2, 0.25) is 5.91 Å². The molecule has 7 nitrogen and oxygen atoms in total. The van der Waals surface area contributed by atoms with Crippen molar-refractivity contribution in [1.29, 1.82) is 0 Å². The second-order valence-corrected chi connectivity index (χ2v) is 6.87. The predicted molar refractivity (Wildman–Crippen MR) is 103 cm³/mol. The first-order valence-electron chi connectivity index (χ1n) is 9.35. The minimum atomic E-state index is -0.221. The van der Waals surface area contributed by atoms with E-state index < -0.39 is 0 Å². The summed E-state index contributed by atoms with van der Waals surface area (Å²) in [6.45, 7) is 3.04. The van der Waals surface area contributed by atoms with Gasteiger partial charge in [-0.2, -0.15) is 0 Å². The lowest BCUT2D eigenvalue weighted by molar-refractivity contribution is -0.133. The number of aromatic nitrogens is 1. The summed E-state index contributed by atoms with van der Waals surface area (Å²) in [4.78, 5) is 21.5. The zero-order valence-electron chi connectivity index (χ0n) is 15.5. The van der Waals surface area contributed by atoms with Crippen LogP contribution < -0.4 is 20.5 Å². The van der Waals surface area contributed by atoms with Crippen LogP contribution in [0.3, 0.4) is 0 Å². The molecular weight excluding hydrogens is 342 g/mol. The summed E-state index contributed by atoms with van der Waals surface area (Å²) in [5.74, 6) is 1.97. The molecule has 2 unspecified atom stereocenters. The van der Waals surface area contributed by atoms with E-state index in [0.717, 1.165) is 30.2 Å². The molecule has 0 bridgehead atoms. The van der Waals surface area contributed by atoms with Crippen LogP contribution in [0.4, 0.5) is 5.82 Å². The van der Waals surface area contributed by atoms with E-state index in [1.54, 1.807) is 13.3 Å². The van der Waals surface area contributed by atoms with Gasteiger partial charge in [-0.15, -0.1) is 0 Å². The summed E-state index contributed by atoms with van der Waals surface area (Å²) in [7, 11) is 1.67. The number of nitrogens with one attached hydrogen (secondary N) is 2. The number of piperazine rings is 1.